The van der Waals surface area contributed by atoms with Crippen LogP contribution in [0.3, 0.4) is 0 Å². The lowest BCUT2D eigenvalue weighted by atomic mass is 9.73. The molecule has 2 unspecified atom stereocenters. The molecule has 1 aliphatic carbocycles. The van der Waals surface area contributed by atoms with Gasteiger partial charge in [-0.25, -0.2) is 9.97 Å². The average molecular weight is 658 g/mol. The van der Waals surface area contributed by atoms with Crippen molar-refractivity contribution in [1.82, 2.24) is 35.4 Å². The van der Waals surface area contributed by atoms with E-state index in [0.717, 1.165) is 79.7 Å². The molecule has 1 aromatic carbocycles. The minimum absolute atomic E-state index is 0.00691. The number of carbonyl (C=O) groups is 2. The molecule has 2 saturated heterocycles. The molecule has 0 radical (unpaired) electrons. The van der Waals surface area contributed by atoms with Gasteiger partial charge in [0.1, 0.15) is 23.3 Å². The third kappa shape index (κ3) is 7.33. The third-order valence-electron chi connectivity index (χ3n) is 10.7. The highest BCUT2D eigenvalue weighted by molar-refractivity contribution is 5.83. The lowest BCUT2D eigenvalue weighted by Gasteiger charge is -2.40. The summed E-state index contributed by atoms with van der Waals surface area (Å²) in [5.41, 5.74) is 4.20. The molecule has 1 spiro atoms. The fraction of sp³-hybridized carbons (Fsp3) is 0.447. The summed E-state index contributed by atoms with van der Waals surface area (Å²) in [5, 5.41) is 20.4. The Morgan fingerprint density at radius 1 is 1.08 bits per heavy atom. The van der Waals surface area contributed by atoms with E-state index in [2.05, 4.69) is 31.7 Å². The van der Waals surface area contributed by atoms with Crippen LogP contribution in [-0.2, 0) is 29.6 Å². The Balaban J connectivity index is 1.04. The van der Waals surface area contributed by atoms with Crippen molar-refractivity contribution in [3.63, 3.8) is 0 Å². The summed E-state index contributed by atoms with van der Waals surface area (Å²) in [6.07, 6.45) is 14.2. The Labute approximate surface area is 287 Å². The van der Waals surface area contributed by atoms with Crippen molar-refractivity contribution in [1.29, 1.82) is 5.26 Å². The Bertz CT molecular complexity index is 1830. The van der Waals surface area contributed by atoms with Crippen molar-refractivity contribution in [2.75, 3.05) is 24.5 Å². The molecular weight excluding hydrogens is 614 g/mol. The summed E-state index contributed by atoms with van der Waals surface area (Å²) < 4.78 is 1.77. The summed E-state index contributed by atoms with van der Waals surface area (Å²) >= 11 is 0. The lowest BCUT2D eigenvalue weighted by molar-refractivity contribution is -0.124. The quantitative estimate of drug-likeness (QED) is 0.264. The van der Waals surface area contributed by atoms with Gasteiger partial charge in [-0.15, -0.1) is 0 Å². The number of rotatable bonds is 9. The zero-order chi connectivity index (χ0) is 33.8. The van der Waals surface area contributed by atoms with Gasteiger partial charge in [0.05, 0.1) is 24.0 Å². The van der Waals surface area contributed by atoms with Gasteiger partial charge in [-0.3, -0.25) is 19.3 Å². The van der Waals surface area contributed by atoms with Crippen LogP contribution < -0.4 is 15.5 Å². The van der Waals surface area contributed by atoms with E-state index in [1.165, 1.54) is 0 Å². The average Bonchev–Trinajstić information content (AvgIpc) is 3.73. The largest absolute Gasteiger partial charge is 0.355 e. The molecule has 11 nitrogen and oxygen atoms in total. The van der Waals surface area contributed by atoms with Gasteiger partial charge in [0, 0.05) is 75.0 Å². The molecule has 11 heteroatoms. The number of amides is 2. The number of anilines is 1. The minimum Gasteiger partial charge on any atom is -0.355 e. The molecule has 252 valence electrons. The van der Waals surface area contributed by atoms with Crippen LogP contribution in [0.1, 0.15) is 73.5 Å². The number of pyridine rings is 1. The van der Waals surface area contributed by atoms with Crippen molar-refractivity contribution in [2.24, 2.45) is 24.3 Å². The molecule has 49 heavy (non-hydrogen) atoms. The first-order chi connectivity index (χ1) is 23.9. The van der Waals surface area contributed by atoms with Crippen LogP contribution in [0.2, 0.25) is 0 Å². The number of aromatic nitrogens is 5. The van der Waals surface area contributed by atoms with E-state index in [1.54, 1.807) is 10.9 Å². The first-order valence-electron chi connectivity index (χ1n) is 17.4. The minimum atomic E-state index is -0.353. The molecule has 2 N–H and O–H groups in total. The summed E-state index contributed by atoms with van der Waals surface area (Å²) in [6, 6.07) is 16.3. The Hall–Kier alpha value is -5.11. The second-order valence-electron chi connectivity index (χ2n) is 14.2. The van der Waals surface area contributed by atoms with Crippen LogP contribution in [0.5, 0.6) is 0 Å². The standard InChI is InChI=1S/C38H43N9O2/c1-46-23-31(22-44-46)29-12-13-32(40-20-29)35(37(49)42-19-27-6-3-2-4-7-27)28-10-8-26(9-11-28)16-33-41-21-30(18-39)36(45-33)47-15-5-14-38(25-47)17-34(48)43-24-38/h2-4,6-7,12-13,20-23,26,28,35H,5,8-11,14-17,19,24-25H2,1H3,(H,42,49)(H,43,48)/t26-,28-,35?,38?. The maximum atomic E-state index is 13.9. The number of nitrogens with one attached hydrogen (secondary N) is 2. The highest BCUT2D eigenvalue weighted by atomic mass is 16.2. The van der Waals surface area contributed by atoms with Gasteiger partial charge in [-0.1, -0.05) is 36.4 Å². The molecule has 1 saturated carbocycles. The van der Waals surface area contributed by atoms with Gasteiger partial charge in [0.2, 0.25) is 11.8 Å². The topological polar surface area (TPSA) is 142 Å². The third-order valence-corrected chi connectivity index (χ3v) is 10.7. The molecule has 4 aromatic rings. The molecule has 7 rings (SSSR count). The highest BCUT2D eigenvalue weighted by Gasteiger charge is 2.42. The lowest BCUT2D eigenvalue weighted by Crippen LogP contribution is -2.45. The van der Waals surface area contributed by atoms with Crippen LogP contribution >= 0.6 is 0 Å². The van der Waals surface area contributed by atoms with E-state index in [1.807, 2.05) is 68.1 Å². The molecule has 2 atom stereocenters. The normalized spacial score (nSPS) is 22.8. The molecule has 0 bridgehead atoms. The van der Waals surface area contributed by atoms with Gasteiger partial charge >= 0.3 is 0 Å². The summed E-state index contributed by atoms with van der Waals surface area (Å²) in [5.74, 6) is 1.75. The first-order valence-corrected chi connectivity index (χ1v) is 17.4. The monoisotopic (exact) mass is 657 g/mol. The van der Waals surface area contributed by atoms with Gasteiger partial charge in [0.15, 0.2) is 0 Å². The number of carbonyl (C=O) groups excluding carboxylic acids is 2. The predicted molar refractivity (Wildman–Crippen MR) is 185 cm³/mol. The molecule has 3 aromatic heterocycles. The van der Waals surface area contributed by atoms with Gasteiger partial charge in [-0.2, -0.15) is 10.4 Å². The fourth-order valence-electron chi connectivity index (χ4n) is 8.05. The molecule has 2 aliphatic heterocycles. The fourth-order valence-corrected chi connectivity index (χ4v) is 8.05. The molecule has 2 amide bonds. The Morgan fingerprint density at radius 2 is 1.92 bits per heavy atom. The Morgan fingerprint density at radius 3 is 2.61 bits per heavy atom. The molecule has 5 heterocycles. The highest BCUT2D eigenvalue weighted by Crippen LogP contribution is 2.40. The van der Waals surface area contributed by atoms with Gasteiger partial charge in [-0.05, 0) is 62.0 Å². The van der Waals surface area contributed by atoms with E-state index in [4.69, 9.17) is 9.97 Å². The van der Waals surface area contributed by atoms with Crippen LogP contribution in [-0.4, -0.2) is 56.2 Å². The number of aryl methyl sites for hydroxylation is 1. The molecular formula is C38H43N9O2. The van der Waals surface area contributed by atoms with E-state index in [-0.39, 0.29) is 29.1 Å². The van der Waals surface area contributed by atoms with E-state index in [9.17, 15) is 14.9 Å². The van der Waals surface area contributed by atoms with Crippen LogP contribution in [0.25, 0.3) is 11.1 Å². The van der Waals surface area contributed by atoms with Crippen molar-refractivity contribution in [3.8, 4) is 17.2 Å². The SMILES string of the molecule is Cn1cc(-c2ccc(C(C(=O)NCc3ccccc3)[C@H]3CC[C@H](Cc4ncc(C#N)c(N5CCCC6(CNC(=O)C6)C5)n4)CC3)nc2)cn1. The number of hydrogen-bond donors (Lipinski definition) is 2. The van der Waals surface area contributed by atoms with Crippen molar-refractivity contribution >= 4 is 17.6 Å². The number of nitriles is 1. The molecule has 3 aliphatic rings. The summed E-state index contributed by atoms with van der Waals surface area (Å²) in [4.78, 5) is 42.5. The van der Waals surface area contributed by atoms with E-state index >= 15 is 0 Å². The second-order valence-corrected chi connectivity index (χ2v) is 14.2. The number of piperidine rings is 1. The summed E-state index contributed by atoms with van der Waals surface area (Å²) in [6.45, 7) is 2.69. The maximum Gasteiger partial charge on any atom is 0.229 e. The number of benzene rings is 1. The first kappa shape index (κ1) is 32.4. The van der Waals surface area contributed by atoms with Gasteiger partial charge < -0.3 is 15.5 Å². The van der Waals surface area contributed by atoms with E-state index in [0.29, 0.717) is 43.4 Å². The predicted octanol–water partition coefficient (Wildman–Crippen LogP) is 4.70. The van der Waals surface area contributed by atoms with Crippen LogP contribution in [0, 0.1) is 28.6 Å². The van der Waals surface area contributed by atoms with E-state index < -0.39 is 0 Å². The van der Waals surface area contributed by atoms with Crippen LogP contribution in [0.4, 0.5) is 5.82 Å². The zero-order valence-corrected chi connectivity index (χ0v) is 28.0. The summed E-state index contributed by atoms with van der Waals surface area (Å²) in [7, 11) is 1.89. The van der Waals surface area contributed by atoms with Crippen molar-refractivity contribution < 1.29 is 9.59 Å². The number of hydrogen-bond acceptors (Lipinski definition) is 8. The smallest absolute Gasteiger partial charge is 0.229 e. The van der Waals surface area contributed by atoms with Crippen molar-refractivity contribution in [2.45, 2.75) is 63.8 Å². The molecule has 3 fully saturated rings. The number of nitrogens with zero attached hydrogens (tertiary/aromatic N) is 7. The zero-order valence-electron chi connectivity index (χ0n) is 28.0. The Kier molecular flexibility index (Phi) is 9.38. The van der Waals surface area contributed by atoms with Gasteiger partial charge in [0.25, 0.3) is 0 Å². The van der Waals surface area contributed by atoms with Crippen molar-refractivity contribution in [3.05, 3.63) is 89.9 Å². The maximum absolute atomic E-state index is 13.9. The van der Waals surface area contributed by atoms with Crippen LogP contribution in [0.15, 0.2) is 67.3 Å². The second kappa shape index (κ2) is 14.2.